The molecule has 0 atom stereocenters. The fourth-order valence-corrected chi connectivity index (χ4v) is 3.47. The molecule has 21 heavy (non-hydrogen) atoms. The summed E-state index contributed by atoms with van der Waals surface area (Å²) in [7, 11) is 0. The van der Waals surface area contributed by atoms with Crippen LogP contribution in [0.4, 0.5) is 0 Å². The molecule has 2 heterocycles. The van der Waals surface area contributed by atoms with Crippen molar-refractivity contribution in [2.45, 2.75) is 45.2 Å². The highest BCUT2D eigenvalue weighted by Crippen LogP contribution is 2.28. The molecule has 0 amide bonds. The van der Waals surface area contributed by atoms with Gasteiger partial charge in [0, 0.05) is 17.9 Å². The van der Waals surface area contributed by atoms with Gasteiger partial charge in [0.05, 0.1) is 18.3 Å². The lowest BCUT2D eigenvalue weighted by Crippen LogP contribution is -2.06. The summed E-state index contributed by atoms with van der Waals surface area (Å²) in [6.45, 7) is 2.99. The van der Waals surface area contributed by atoms with E-state index in [-0.39, 0.29) is 0 Å². The van der Waals surface area contributed by atoms with Gasteiger partial charge >= 0.3 is 0 Å². The van der Waals surface area contributed by atoms with Crippen LogP contribution in [0.2, 0.25) is 0 Å². The summed E-state index contributed by atoms with van der Waals surface area (Å²) in [5, 5.41) is 6.10. The number of hydrogen-bond donors (Lipinski definition) is 0. The van der Waals surface area contributed by atoms with Crippen LogP contribution in [0.15, 0.2) is 42.7 Å². The number of aromatic nitrogens is 3. The van der Waals surface area contributed by atoms with Crippen molar-refractivity contribution in [1.82, 2.24) is 14.3 Å². The Balaban J connectivity index is 1.59. The summed E-state index contributed by atoms with van der Waals surface area (Å²) in [5.74, 6) is 0. The Labute approximate surface area is 125 Å². The van der Waals surface area contributed by atoms with Crippen molar-refractivity contribution in [3.63, 3.8) is 0 Å². The van der Waals surface area contributed by atoms with Gasteiger partial charge in [-0.05, 0) is 49.4 Å². The molecule has 0 N–H and O–H groups in total. The Kier molecular flexibility index (Phi) is 3.06. The first kappa shape index (κ1) is 12.7. The topological polar surface area (TPSA) is 22.8 Å². The highest BCUT2D eigenvalue weighted by atomic mass is 15.3. The van der Waals surface area contributed by atoms with Gasteiger partial charge < -0.3 is 4.57 Å². The molecular formula is C18H21N3. The number of hydrogen-bond acceptors (Lipinski definition) is 1. The van der Waals surface area contributed by atoms with Gasteiger partial charge in [0.1, 0.15) is 0 Å². The fourth-order valence-electron chi connectivity index (χ4n) is 3.47. The van der Waals surface area contributed by atoms with E-state index in [1.165, 1.54) is 42.1 Å². The van der Waals surface area contributed by atoms with E-state index in [0.29, 0.717) is 6.04 Å². The van der Waals surface area contributed by atoms with Crippen LogP contribution in [0.3, 0.4) is 0 Å². The first-order valence-electron chi connectivity index (χ1n) is 7.89. The molecule has 1 saturated carbocycles. The van der Waals surface area contributed by atoms with Crippen LogP contribution in [0.5, 0.6) is 0 Å². The first-order chi connectivity index (χ1) is 10.3. The summed E-state index contributed by atoms with van der Waals surface area (Å²) < 4.78 is 4.47. The lowest BCUT2D eigenvalue weighted by Gasteiger charge is -2.09. The lowest BCUT2D eigenvalue weighted by molar-refractivity contribution is 0.462. The molecule has 1 aliphatic carbocycles. The highest BCUT2D eigenvalue weighted by molar-refractivity contribution is 5.80. The third-order valence-corrected chi connectivity index (χ3v) is 4.62. The average molecular weight is 279 g/mol. The SMILES string of the molecule is Cc1ccc2c(ccn2Cc2ccn(C3CCCC3)n2)c1. The standard InChI is InChI=1S/C18H21N3/c1-14-6-7-18-15(12-14)8-10-20(18)13-16-9-11-21(19-16)17-4-2-3-5-17/h6-12,17H,2-5,13H2,1H3. The summed E-state index contributed by atoms with van der Waals surface area (Å²) in [4.78, 5) is 0. The number of benzene rings is 1. The van der Waals surface area contributed by atoms with Crippen LogP contribution >= 0.6 is 0 Å². The Morgan fingerprint density at radius 3 is 2.81 bits per heavy atom. The fraction of sp³-hybridized carbons (Fsp3) is 0.389. The smallest absolute Gasteiger partial charge is 0.0821 e. The first-order valence-corrected chi connectivity index (χ1v) is 7.89. The number of nitrogens with zero attached hydrogens (tertiary/aromatic N) is 3. The molecule has 3 heteroatoms. The zero-order valence-corrected chi connectivity index (χ0v) is 12.5. The third kappa shape index (κ3) is 2.37. The molecule has 0 bridgehead atoms. The summed E-state index contributed by atoms with van der Waals surface area (Å²) >= 11 is 0. The second kappa shape index (κ2) is 5.06. The van der Waals surface area contributed by atoms with Gasteiger partial charge in [0.25, 0.3) is 0 Å². The Hall–Kier alpha value is -2.03. The molecule has 0 saturated heterocycles. The average Bonchev–Trinajstić information content (AvgIpc) is 3.19. The van der Waals surface area contributed by atoms with Crippen LogP contribution in [-0.2, 0) is 6.54 Å². The zero-order valence-electron chi connectivity index (χ0n) is 12.5. The molecule has 0 spiro atoms. The Morgan fingerprint density at radius 1 is 1.10 bits per heavy atom. The van der Waals surface area contributed by atoms with Crippen molar-refractivity contribution in [3.8, 4) is 0 Å². The quantitative estimate of drug-likeness (QED) is 0.700. The largest absolute Gasteiger partial charge is 0.341 e. The van der Waals surface area contributed by atoms with Gasteiger partial charge in [-0.3, -0.25) is 4.68 Å². The van der Waals surface area contributed by atoms with E-state index in [9.17, 15) is 0 Å². The van der Waals surface area contributed by atoms with Gasteiger partial charge in [-0.1, -0.05) is 24.5 Å². The normalized spacial score (nSPS) is 16.0. The molecule has 4 rings (SSSR count). The van der Waals surface area contributed by atoms with Crippen molar-refractivity contribution >= 4 is 10.9 Å². The van der Waals surface area contributed by atoms with E-state index in [0.717, 1.165) is 12.2 Å². The van der Waals surface area contributed by atoms with Gasteiger partial charge in [0.15, 0.2) is 0 Å². The van der Waals surface area contributed by atoms with Crippen LogP contribution in [0.1, 0.15) is 43.0 Å². The minimum absolute atomic E-state index is 0.628. The van der Waals surface area contributed by atoms with E-state index in [2.05, 4.69) is 58.9 Å². The van der Waals surface area contributed by atoms with Crippen molar-refractivity contribution in [3.05, 3.63) is 54.0 Å². The predicted octanol–water partition coefficient (Wildman–Crippen LogP) is 4.31. The van der Waals surface area contributed by atoms with Crippen molar-refractivity contribution in [2.24, 2.45) is 0 Å². The molecule has 1 aliphatic rings. The van der Waals surface area contributed by atoms with E-state index in [4.69, 9.17) is 5.10 Å². The summed E-state index contributed by atoms with van der Waals surface area (Å²) in [6.07, 6.45) is 9.59. The summed E-state index contributed by atoms with van der Waals surface area (Å²) in [5.41, 5.74) is 3.75. The zero-order chi connectivity index (χ0) is 14.2. The van der Waals surface area contributed by atoms with E-state index in [1.807, 2.05) is 0 Å². The molecular weight excluding hydrogens is 258 g/mol. The van der Waals surface area contributed by atoms with Gasteiger partial charge in [-0.15, -0.1) is 0 Å². The monoisotopic (exact) mass is 279 g/mol. The molecule has 2 aromatic heterocycles. The third-order valence-electron chi connectivity index (χ3n) is 4.62. The van der Waals surface area contributed by atoms with E-state index < -0.39 is 0 Å². The van der Waals surface area contributed by atoms with Crippen LogP contribution in [-0.4, -0.2) is 14.3 Å². The lowest BCUT2D eigenvalue weighted by atomic mass is 10.2. The highest BCUT2D eigenvalue weighted by Gasteiger charge is 2.17. The maximum atomic E-state index is 4.79. The maximum absolute atomic E-state index is 4.79. The summed E-state index contributed by atoms with van der Waals surface area (Å²) in [6, 6.07) is 11.6. The Bertz CT molecular complexity index is 760. The molecule has 108 valence electrons. The van der Waals surface area contributed by atoms with E-state index >= 15 is 0 Å². The Morgan fingerprint density at radius 2 is 1.95 bits per heavy atom. The molecule has 1 aromatic carbocycles. The minimum Gasteiger partial charge on any atom is -0.341 e. The van der Waals surface area contributed by atoms with Crippen molar-refractivity contribution in [2.75, 3.05) is 0 Å². The number of aryl methyl sites for hydroxylation is 1. The number of rotatable bonds is 3. The molecule has 0 unspecified atom stereocenters. The second-order valence-electron chi connectivity index (χ2n) is 6.23. The molecule has 0 radical (unpaired) electrons. The van der Waals surface area contributed by atoms with Crippen molar-refractivity contribution in [1.29, 1.82) is 0 Å². The molecule has 1 fully saturated rings. The van der Waals surface area contributed by atoms with Gasteiger partial charge in [-0.2, -0.15) is 5.10 Å². The van der Waals surface area contributed by atoms with Gasteiger partial charge in [-0.25, -0.2) is 0 Å². The van der Waals surface area contributed by atoms with Gasteiger partial charge in [0.2, 0.25) is 0 Å². The van der Waals surface area contributed by atoms with E-state index in [1.54, 1.807) is 0 Å². The maximum Gasteiger partial charge on any atom is 0.0821 e. The van der Waals surface area contributed by atoms with Crippen molar-refractivity contribution < 1.29 is 0 Å². The molecule has 0 aliphatic heterocycles. The number of fused-ring (bicyclic) bond motifs is 1. The van der Waals surface area contributed by atoms with Crippen LogP contribution in [0.25, 0.3) is 10.9 Å². The minimum atomic E-state index is 0.628. The molecule has 3 nitrogen and oxygen atoms in total. The predicted molar refractivity (Wildman–Crippen MR) is 85.5 cm³/mol. The molecule has 3 aromatic rings. The van der Waals surface area contributed by atoms with Crippen LogP contribution < -0.4 is 0 Å². The van der Waals surface area contributed by atoms with Crippen LogP contribution in [0, 0.1) is 6.92 Å². The second-order valence-corrected chi connectivity index (χ2v) is 6.23.